The molecule has 0 N–H and O–H groups in total. The molecule has 2 fully saturated rings. The first-order valence-electron chi connectivity index (χ1n) is 11.8. The van der Waals surface area contributed by atoms with Gasteiger partial charge in [-0.3, -0.25) is 4.90 Å². The average molecular weight is 425 g/mol. The normalized spacial score (nSPS) is 24.4. The molecule has 2 atom stereocenters. The third kappa shape index (κ3) is 4.39. The molecule has 0 spiro atoms. The van der Waals surface area contributed by atoms with Crippen LogP contribution < -0.4 is 4.74 Å². The molecule has 160 valence electrons. The average Bonchev–Trinajstić information content (AvgIpc) is 3.26. The Labute approximate surface area is 186 Å². The summed E-state index contributed by atoms with van der Waals surface area (Å²) >= 11 is 6.32. The third-order valence-corrected chi connectivity index (χ3v) is 7.40. The third-order valence-electron chi connectivity index (χ3n) is 7.16. The Bertz CT molecular complexity index is 864. The maximum atomic E-state index is 6.32. The van der Waals surface area contributed by atoms with E-state index < -0.39 is 0 Å². The van der Waals surface area contributed by atoms with E-state index in [2.05, 4.69) is 46.2 Å². The van der Waals surface area contributed by atoms with E-state index in [0.717, 1.165) is 36.9 Å². The fraction of sp³-hybridized carbons (Fsp3) is 0.538. The van der Waals surface area contributed by atoms with E-state index in [0.29, 0.717) is 12.0 Å². The smallest absolute Gasteiger partial charge is 0.119 e. The topological polar surface area (TPSA) is 15.7 Å². The molecule has 3 aliphatic heterocycles. The van der Waals surface area contributed by atoms with Gasteiger partial charge in [0.15, 0.2) is 0 Å². The molecule has 3 aliphatic rings. The maximum Gasteiger partial charge on any atom is 0.119 e. The second kappa shape index (κ2) is 9.30. The highest BCUT2D eigenvalue weighted by Crippen LogP contribution is 2.45. The van der Waals surface area contributed by atoms with Crippen molar-refractivity contribution in [3.63, 3.8) is 0 Å². The van der Waals surface area contributed by atoms with E-state index in [-0.39, 0.29) is 0 Å². The molecule has 30 heavy (non-hydrogen) atoms. The number of hydrogen-bond donors (Lipinski definition) is 0. The van der Waals surface area contributed by atoms with E-state index in [9.17, 15) is 0 Å². The molecule has 0 aromatic heterocycles. The molecule has 0 bridgehead atoms. The maximum absolute atomic E-state index is 6.32. The Balaban J connectivity index is 1.30. The highest BCUT2D eigenvalue weighted by Gasteiger charge is 2.36. The molecule has 2 aromatic rings. The van der Waals surface area contributed by atoms with Crippen molar-refractivity contribution in [2.45, 2.75) is 50.5 Å². The minimum Gasteiger partial charge on any atom is -0.494 e. The number of rotatable bonds is 6. The van der Waals surface area contributed by atoms with Gasteiger partial charge in [-0.15, -0.1) is 0 Å². The number of benzene rings is 2. The summed E-state index contributed by atoms with van der Waals surface area (Å²) in [5.41, 5.74) is 4.25. The number of nitrogens with zero attached hydrogens (tertiary/aromatic N) is 2. The van der Waals surface area contributed by atoms with Gasteiger partial charge in [-0.2, -0.15) is 0 Å². The molecule has 4 heteroatoms. The van der Waals surface area contributed by atoms with Gasteiger partial charge in [-0.25, -0.2) is 0 Å². The van der Waals surface area contributed by atoms with Crippen LogP contribution in [0.3, 0.4) is 0 Å². The van der Waals surface area contributed by atoms with Crippen LogP contribution in [0, 0.1) is 0 Å². The van der Waals surface area contributed by atoms with Crippen molar-refractivity contribution in [2.75, 3.05) is 39.3 Å². The van der Waals surface area contributed by atoms with Crippen LogP contribution in [0.4, 0.5) is 0 Å². The van der Waals surface area contributed by atoms with Gasteiger partial charge in [0.05, 0.1) is 6.61 Å². The molecule has 0 radical (unpaired) electrons. The van der Waals surface area contributed by atoms with E-state index >= 15 is 0 Å². The zero-order valence-electron chi connectivity index (χ0n) is 17.9. The van der Waals surface area contributed by atoms with Gasteiger partial charge in [-0.05, 0) is 92.7 Å². The summed E-state index contributed by atoms with van der Waals surface area (Å²) < 4.78 is 6.21. The SMILES string of the molecule is Clc1cccc([C@H]2CN3CCC[C@H]3c3cc(OCCCN4CCCCC4)ccc32)c1. The Morgan fingerprint density at radius 3 is 2.70 bits per heavy atom. The quantitative estimate of drug-likeness (QED) is 0.538. The van der Waals surface area contributed by atoms with Crippen LogP contribution in [0.15, 0.2) is 42.5 Å². The number of likely N-dealkylation sites (tertiary alicyclic amines) is 1. The monoisotopic (exact) mass is 424 g/mol. The summed E-state index contributed by atoms with van der Waals surface area (Å²) in [6.45, 7) is 6.79. The van der Waals surface area contributed by atoms with Crippen LogP contribution >= 0.6 is 11.6 Å². The molecule has 3 heterocycles. The van der Waals surface area contributed by atoms with Crippen LogP contribution in [0.5, 0.6) is 5.75 Å². The lowest BCUT2D eigenvalue weighted by Crippen LogP contribution is -2.34. The molecule has 2 aromatic carbocycles. The highest BCUT2D eigenvalue weighted by atomic mass is 35.5. The van der Waals surface area contributed by atoms with Crippen LogP contribution in [0.1, 0.15) is 67.2 Å². The van der Waals surface area contributed by atoms with Gasteiger partial charge < -0.3 is 9.64 Å². The Kier molecular flexibility index (Phi) is 6.31. The minimum absolute atomic E-state index is 0.390. The minimum atomic E-state index is 0.390. The molecule has 0 saturated carbocycles. The van der Waals surface area contributed by atoms with Gasteiger partial charge in [0.2, 0.25) is 0 Å². The summed E-state index contributed by atoms with van der Waals surface area (Å²) in [6, 6.07) is 15.8. The second-order valence-corrected chi connectivity index (χ2v) is 9.59. The molecule has 0 aliphatic carbocycles. The van der Waals surface area contributed by atoms with Crippen LogP contribution in [-0.4, -0.2) is 49.1 Å². The molecule has 3 nitrogen and oxygen atoms in total. The first kappa shape index (κ1) is 20.4. The molecule has 5 rings (SSSR count). The number of halogens is 1. The summed E-state index contributed by atoms with van der Waals surface area (Å²) in [5.74, 6) is 1.42. The number of piperidine rings is 1. The molecule has 2 saturated heterocycles. The molecule has 0 amide bonds. The van der Waals surface area contributed by atoms with Crippen molar-refractivity contribution in [1.82, 2.24) is 9.80 Å². The highest BCUT2D eigenvalue weighted by molar-refractivity contribution is 6.30. The van der Waals surface area contributed by atoms with Crippen molar-refractivity contribution in [2.24, 2.45) is 0 Å². The lowest BCUT2D eigenvalue weighted by molar-refractivity contribution is 0.204. The Morgan fingerprint density at radius 2 is 1.83 bits per heavy atom. The number of ether oxygens (including phenoxy) is 1. The Morgan fingerprint density at radius 1 is 0.933 bits per heavy atom. The molecular weight excluding hydrogens is 392 g/mol. The van der Waals surface area contributed by atoms with Crippen LogP contribution in [0.2, 0.25) is 5.02 Å². The van der Waals surface area contributed by atoms with Gasteiger partial charge in [-0.1, -0.05) is 36.2 Å². The van der Waals surface area contributed by atoms with Crippen molar-refractivity contribution in [3.05, 3.63) is 64.2 Å². The fourth-order valence-electron chi connectivity index (χ4n) is 5.65. The van der Waals surface area contributed by atoms with Gasteiger partial charge in [0, 0.05) is 30.1 Å². The van der Waals surface area contributed by atoms with E-state index in [1.165, 1.54) is 68.4 Å². The van der Waals surface area contributed by atoms with Crippen LogP contribution in [0.25, 0.3) is 0 Å². The fourth-order valence-corrected chi connectivity index (χ4v) is 5.85. The number of fused-ring (bicyclic) bond motifs is 3. The zero-order chi connectivity index (χ0) is 20.3. The molecular formula is C26H33ClN2O. The largest absolute Gasteiger partial charge is 0.494 e. The summed E-state index contributed by atoms with van der Waals surface area (Å²) in [6.07, 6.45) is 7.77. The second-order valence-electron chi connectivity index (χ2n) is 9.16. The predicted molar refractivity (Wildman–Crippen MR) is 124 cm³/mol. The van der Waals surface area contributed by atoms with Crippen molar-refractivity contribution in [3.8, 4) is 5.75 Å². The van der Waals surface area contributed by atoms with E-state index in [4.69, 9.17) is 16.3 Å². The number of hydrogen-bond acceptors (Lipinski definition) is 3. The van der Waals surface area contributed by atoms with E-state index in [1.54, 1.807) is 0 Å². The van der Waals surface area contributed by atoms with Gasteiger partial charge in [0.1, 0.15) is 5.75 Å². The standard InChI is InChI=1S/C26H33ClN2O/c27-21-8-4-7-20(17-21)25-19-29-15-5-9-26(29)24-18-22(10-11-23(24)25)30-16-6-14-28-12-2-1-3-13-28/h4,7-8,10-11,17-18,25-26H,1-3,5-6,9,12-16,19H2/t25-,26+/m1/s1. The lowest BCUT2D eigenvalue weighted by Gasteiger charge is -2.37. The summed E-state index contributed by atoms with van der Waals surface area (Å²) in [4.78, 5) is 5.25. The van der Waals surface area contributed by atoms with E-state index in [1.807, 2.05) is 6.07 Å². The zero-order valence-corrected chi connectivity index (χ0v) is 18.6. The lowest BCUT2D eigenvalue weighted by atomic mass is 9.81. The first-order valence-corrected chi connectivity index (χ1v) is 12.1. The molecule has 0 unspecified atom stereocenters. The van der Waals surface area contributed by atoms with Crippen molar-refractivity contribution in [1.29, 1.82) is 0 Å². The van der Waals surface area contributed by atoms with Crippen molar-refractivity contribution < 1.29 is 4.74 Å². The summed E-state index contributed by atoms with van der Waals surface area (Å²) in [5, 5.41) is 0.825. The van der Waals surface area contributed by atoms with Crippen molar-refractivity contribution >= 4 is 11.6 Å². The van der Waals surface area contributed by atoms with Crippen LogP contribution in [-0.2, 0) is 0 Å². The first-order chi connectivity index (χ1) is 14.8. The van der Waals surface area contributed by atoms with Gasteiger partial charge in [0.25, 0.3) is 0 Å². The predicted octanol–water partition coefficient (Wildman–Crippen LogP) is 5.88. The summed E-state index contributed by atoms with van der Waals surface area (Å²) in [7, 11) is 0. The van der Waals surface area contributed by atoms with Gasteiger partial charge >= 0.3 is 0 Å². The Hall–Kier alpha value is -1.55.